The van der Waals surface area contributed by atoms with Crippen molar-refractivity contribution < 1.29 is 23.3 Å². The van der Waals surface area contributed by atoms with E-state index in [9.17, 15) is 18.8 Å². The lowest BCUT2D eigenvalue weighted by molar-refractivity contribution is -0.125. The number of halogens is 1. The molecule has 8 nitrogen and oxygen atoms in total. The van der Waals surface area contributed by atoms with Crippen LogP contribution in [0.3, 0.4) is 0 Å². The van der Waals surface area contributed by atoms with Gasteiger partial charge < -0.3 is 9.84 Å². The normalized spacial score (nSPS) is 13.6. The van der Waals surface area contributed by atoms with Gasteiger partial charge in [0, 0.05) is 24.1 Å². The van der Waals surface area contributed by atoms with E-state index in [0.717, 1.165) is 17.3 Å². The van der Waals surface area contributed by atoms with Gasteiger partial charge in [0.2, 0.25) is 23.5 Å². The fourth-order valence-corrected chi connectivity index (χ4v) is 3.84. The summed E-state index contributed by atoms with van der Waals surface area (Å²) < 4.78 is 18.6. The van der Waals surface area contributed by atoms with Crippen molar-refractivity contribution >= 4 is 34.5 Å². The third-order valence-corrected chi connectivity index (χ3v) is 5.73. The van der Waals surface area contributed by atoms with E-state index < -0.39 is 0 Å². The van der Waals surface area contributed by atoms with Crippen LogP contribution in [0.1, 0.15) is 23.4 Å². The monoisotopic (exact) mass is 454 g/mol. The van der Waals surface area contributed by atoms with Crippen LogP contribution < -0.4 is 5.32 Å². The van der Waals surface area contributed by atoms with Crippen LogP contribution in [0.5, 0.6) is 0 Å². The molecule has 1 aromatic heterocycles. The number of hydrogen-bond donors (Lipinski definition) is 1. The maximum absolute atomic E-state index is 13.4. The number of thioether (sulfide) groups is 1. The van der Waals surface area contributed by atoms with Crippen molar-refractivity contribution in [2.75, 3.05) is 11.1 Å². The summed E-state index contributed by atoms with van der Waals surface area (Å²) in [6.45, 7) is 1.87. The first kappa shape index (κ1) is 21.7. The number of aryl methyl sites for hydroxylation is 2. The maximum Gasteiger partial charge on any atom is 0.289 e. The predicted molar refractivity (Wildman–Crippen MR) is 116 cm³/mol. The molecule has 4 rings (SSSR count). The Hall–Kier alpha value is -3.53. The zero-order valence-electron chi connectivity index (χ0n) is 17.1. The summed E-state index contributed by atoms with van der Waals surface area (Å²) in [5.41, 5.74) is 2.51. The second-order valence-electron chi connectivity index (χ2n) is 7.26. The third-order valence-electron chi connectivity index (χ3n) is 4.87. The molecule has 0 aliphatic carbocycles. The van der Waals surface area contributed by atoms with Crippen LogP contribution in [0.15, 0.2) is 47.0 Å². The Bertz CT molecular complexity index is 1160. The van der Waals surface area contributed by atoms with Gasteiger partial charge in [0.15, 0.2) is 0 Å². The van der Waals surface area contributed by atoms with Crippen molar-refractivity contribution in [1.82, 2.24) is 15.0 Å². The van der Waals surface area contributed by atoms with Crippen LogP contribution in [0, 0.1) is 12.7 Å². The number of benzene rings is 2. The minimum absolute atomic E-state index is 0.139. The van der Waals surface area contributed by atoms with Gasteiger partial charge in [-0.05, 0) is 48.4 Å². The number of rotatable bonds is 7. The van der Waals surface area contributed by atoms with Crippen molar-refractivity contribution in [3.05, 3.63) is 65.3 Å². The number of aromatic nitrogens is 2. The Morgan fingerprint density at radius 2 is 2.00 bits per heavy atom. The van der Waals surface area contributed by atoms with Crippen molar-refractivity contribution in [3.63, 3.8) is 0 Å². The van der Waals surface area contributed by atoms with Gasteiger partial charge in [-0.1, -0.05) is 29.1 Å². The lowest BCUT2D eigenvalue weighted by atomic mass is 10.1. The molecule has 0 saturated carbocycles. The summed E-state index contributed by atoms with van der Waals surface area (Å²) in [5.74, 6) is 0.0995. The Morgan fingerprint density at radius 3 is 2.69 bits per heavy atom. The Kier molecular flexibility index (Phi) is 6.31. The molecular weight excluding hydrogens is 435 g/mol. The quantitative estimate of drug-likeness (QED) is 0.576. The van der Waals surface area contributed by atoms with Gasteiger partial charge in [-0.3, -0.25) is 19.3 Å². The van der Waals surface area contributed by atoms with Crippen molar-refractivity contribution in [2.24, 2.45) is 0 Å². The maximum atomic E-state index is 13.4. The summed E-state index contributed by atoms with van der Waals surface area (Å²) >= 11 is 0.997. The standard InChI is InChI=1S/C22H19FN4O4S/c1-13-10-15(4-7-17(13)23)21-25-19(31-26-21)9-8-18(28)24-16-5-2-14(3-6-16)11-27-20(29)12-32-22(27)30/h2-7,10H,8-9,11-12H2,1H3,(H,24,28). The molecule has 0 radical (unpaired) electrons. The SMILES string of the molecule is Cc1cc(-c2noc(CCC(=O)Nc3ccc(CN4C(=O)CSC4=O)cc3)n2)ccc1F. The molecule has 1 aliphatic heterocycles. The van der Waals surface area contributed by atoms with E-state index in [2.05, 4.69) is 15.5 Å². The molecule has 0 spiro atoms. The molecule has 1 aliphatic rings. The number of nitrogens with one attached hydrogen (secondary N) is 1. The molecule has 164 valence electrons. The highest BCUT2D eigenvalue weighted by atomic mass is 32.2. The summed E-state index contributed by atoms with van der Waals surface area (Å²) in [5, 5.41) is 6.42. The van der Waals surface area contributed by atoms with Crippen LogP contribution in [0.25, 0.3) is 11.4 Å². The fraction of sp³-hybridized carbons (Fsp3) is 0.227. The summed E-state index contributed by atoms with van der Waals surface area (Å²) in [7, 11) is 0. The highest BCUT2D eigenvalue weighted by Crippen LogP contribution is 2.22. The zero-order valence-corrected chi connectivity index (χ0v) is 17.9. The number of anilines is 1. The van der Waals surface area contributed by atoms with Crippen molar-refractivity contribution in [3.8, 4) is 11.4 Å². The lowest BCUT2D eigenvalue weighted by Gasteiger charge is -2.13. The summed E-state index contributed by atoms with van der Waals surface area (Å²) in [6, 6.07) is 11.5. The van der Waals surface area contributed by atoms with Crippen LogP contribution >= 0.6 is 11.8 Å². The van der Waals surface area contributed by atoms with E-state index in [1.807, 2.05) is 0 Å². The third kappa shape index (κ3) is 5.02. The Balaban J connectivity index is 1.29. The molecule has 2 aromatic carbocycles. The van der Waals surface area contributed by atoms with Gasteiger partial charge in [-0.2, -0.15) is 4.98 Å². The average molecular weight is 454 g/mol. The molecule has 32 heavy (non-hydrogen) atoms. The Morgan fingerprint density at radius 1 is 1.22 bits per heavy atom. The minimum atomic E-state index is -0.306. The van der Waals surface area contributed by atoms with Gasteiger partial charge in [0.25, 0.3) is 5.24 Å². The topological polar surface area (TPSA) is 105 Å². The molecule has 1 fully saturated rings. The van der Waals surface area contributed by atoms with Crippen molar-refractivity contribution in [2.45, 2.75) is 26.3 Å². The average Bonchev–Trinajstić information content (AvgIpc) is 3.38. The van der Waals surface area contributed by atoms with Gasteiger partial charge in [0.1, 0.15) is 5.82 Å². The second kappa shape index (κ2) is 9.31. The molecule has 0 bridgehead atoms. The van der Waals surface area contributed by atoms with Gasteiger partial charge in [-0.25, -0.2) is 4.39 Å². The number of nitrogens with zero attached hydrogens (tertiary/aromatic N) is 3. The summed E-state index contributed by atoms with van der Waals surface area (Å²) in [4.78, 5) is 41.1. The lowest BCUT2D eigenvalue weighted by Crippen LogP contribution is -2.27. The van der Waals surface area contributed by atoms with E-state index in [1.165, 1.54) is 11.0 Å². The molecule has 0 atom stereocenters. The van der Waals surface area contributed by atoms with E-state index >= 15 is 0 Å². The highest BCUT2D eigenvalue weighted by molar-refractivity contribution is 8.14. The molecule has 2 heterocycles. The van der Waals surface area contributed by atoms with Crippen molar-refractivity contribution in [1.29, 1.82) is 0 Å². The molecule has 3 amide bonds. The van der Waals surface area contributed by atoms with E-state index in [1.54, 1.807) is 43.3 Å². The number of amides is 3. The van der Waals surface area contributed by atoms with Gasteiger partial charge in [-0.15, -0.1) is 0 Å². The first-order valence-corrected chi connectivity index (χ1v) is 10.8. The Labute approximate surface area is 187 Å². The fourth-order valence-electron chi connectivity index (χ4n) is 3.11. The summed E-state index contributed by atoms with van der Waals surface area (Å²) in [6.07, 6.45) is 0.397. The van der Waals surface area contributed by atoms with Crippen LogP contribution in [-0.4, -0.2) is 37.8 Å². The van der Waals surface area contributed by atoms with Crippen LogP contribution in [-0.2, 0) is 22.6 Å². The van der Waals surface area contributed by atoms with Gasteiger partial charge >= 0.3 is 0 Å². The first-order chi connectivity index (χ1) is 15.4. The number of carbonyl (C=O) groups excluding carboxylic acids is 3. The molecule has 3 aromatic rings. The smallest absolute Gasteiger partial charge is 0.289 e. The molecule has 1 N–H and O–H groups in total. The van der Waals surface area contributed by atoms with Crippen LogP contribution in [0.4, 0.5) is 14.9 Å². The largest absolute Gasteiger partial charge is 0.339 e. The van der Waals surface area contributed by atoms with E-state index in [4.69, 9.17) is 4.52 Å². The first-order valence-electron chi connectivity index (χ1n) is 9.84. The number of carbonyl (C=O) groups is 3. The minimum Gasteiger partial charge on any atom is -0.339 e. The van der Waals surface area contributed by atoms with E-state index in [0.29, 0.717) is 28.5 Å². The highest BCUT2D eigenvalue weighted by Gasteiger charge is 2.29. The van der Waals surface area contributed by atoms with Crippen LogP contribution in [0.2, 0.25) is 0 Å². The second-order valence-corrected chi connectivity index (χ2v) is 8.18. The molecule has 1 saturated heterocycles. The molecular formula is C22H19FN4O4S. The van der Waals surface area contributed by atoms with E-state index in [-0.39, 0.29) is 48.0 Å². The zero-order chi connectivity index (χ0) is 22.7. The predicted octanol–water partition coefficient (Wildman–Crippen LogP) is 3.95. The van der Waals surface area contributed by atoms with Gasteiger partial charge in [0.05, 0.1) is 12.3 Å². The molecule has 0 unspecified atom stereocenters. The number of imide groups is 1. The molecule has 10 heteroatoms. The number of hydrogen-bond acceptors (Lipinski definition) is 7.